The second-order valence-electron chi connectivity index (χ2n) is 3.31. The fourth-order valence-electron chi connectivity index (χ4n) is 1.20. The van der Waals surface area contributed by atoms with Gasteiger partial charge in [0.2, 0.25) is 5.28 Å². The number of hydrogen-bond donors (Lipinski definition) is 0. The lowest BCUT2D eigenvalue weighted by Gasteiger charge is -2.03. The number of carbonyl (C=O) groups is 1. The third-order valence-corrected chi connectivity index (χ3v) is 3.07. The molecule has 0 amide bonds. The Kier molecular flexibility index (Phi) is 4.69. The minimum absolute atomic E-state index is 0.0843. The Morgan fingerprint density at radius 2 is 2.32 bits per heavy atom. The molecule has 0 fully saturated rings. The molecule has 0 unspecified atom stereocenters. The summed E-state index contributed by atoms with van der Waals surface area (Å²) in [7, 11) is 1.35. The van der Waals surface area contributed by atoms with Crippen molar-refractivity contribution in [3.05, 3.63) is 23.7 Å². The molecule has 0 aliphatic rings. The SMILES string of the molecule is COC(=O)CCSc1nc(Cl)nc(-n2cccn2)n1. The lowest BCUT2D eigenvalue weighted by molar-refractivity contribution is -0.140. The predicted molar refractivity (Wildman–Crippen MR) is 69.3 cm³/mol. The van der Waals surface area contributed by atoms with E-state index in [1.54, 1.807) is 18.5 Å². The molecule has 100 valence electrons. The Morgan fingerprint density at radius 1 is 1.47 bits per heavy atom. The van der Waals surface area contributed by atoms with Crippen LogP contribution in [-0.4, -0.2) is 43.6 Å². The fourth-order valence-corrected chi connectivity index (χ4v) is 2.16. The lowest BCUT2D eigenvalue weighted by atomic mass is 10.5. The summed E-state index contributed by atoms with van der Waals surface area (Å²) < 4.78 is 6.03. The van der Waals surface area contributed by atoms with E-state index in [2.05, 4.69) is 24.8 Å². The normalized spacial score (nSPS) is 10.4. The minimum Gasteiger partial charge on any atom is -0.469 e. The van der Waals surface area contributed by atoms with E-state index in [0.717, 1.165) is 0 Å². The average molecular weight is 300 g/mol. The van der Waals surface area contributed by atoms with Crippen molar-refractivity contribution in [3.63, 3.8) is 0 Å². The van der Waals surface area contributed by atoms with Crippen molar-refractivity contribution in [2.24, 2.45) is 0 Å². The van der Waals surface area contributed by atoms with Crippen molar-refractivity contribution in [2.75, 3.05) is 12.9 Å². The van der Waals surface area contributed by atoms with Gasteiger partial charge in [-0.3, -0.25) is 4.79 Å². The van der Waals surface area contributed by atoms with Gasteiger partial charge >= 0.3 is 5.97 Å². The number of halogens is 1. The van der Waals surface area contributed by atoms with Crippen molar-refractivity contribution >= 4 is 29.3 Å². The van der Waals surface area contributed by atoms with E-state index >= 15 is 0 Å². The minimum atomic E-state index is -0.278. The van der Waals surface area contributed by atoms with Crippen molar-refractivity contribution in [1.29, 1.82) is 0 Å². The highest BCUT2D eigenvalue weighted by Gasteiger charge is 2.08. The molecule has 2 heterocycles. The number of carbonyl (C=O) groups excluding carboxylic acids is 1. The van der Waals surface area contributed by atoms with E-state index < -0.39 is 0 Å². The lowest BCUT2D eigenvalue weighted by Crippen LogP contribution is -2.05. The van der Waals surface area contributed by atoms with Crippen LogP contribution < -0.4 is 0 Å². The highest BCUT2D eigenvalue weighted by molar-refractivity contribution is 7.99. The largest absolute Gasteiger partial charge is 0.469 e. The van der Waals surface area contributed by atoms with Gasteiger partial charge in [-0.05, 0) is 17.7 Å². The molecule has 0 bridgehead atoms. The van der Waals surface area contributed by atoms with Gasteiger partial charge in [0.15, 0.2) is 5.16 Å². The Labute approximate surface area is 118 Å². The number of rotatable bonds is 5. The third-order valence-electron chi connectivity index (χ3n) is 2.05. The number of hydrogen-bond acceptors (Lipinski definition) is 7. The first-order chi connectivity index (χ1) is 9.19. The van der Waals surface area contributed by atoms with Gasteiger partial charge in [-0.1, -0.05) is 11.8 Å². The van der Waals surface area contributed by atoms with Gasteiger partial charge in [0.25, 0.3) is 5.95 Å². The van der Waals surface area contributed by atoms with Crippen LogP contribution in [0.1, 0.15) is 6.42 Å². The van der Waals surface area contributed by atoms with Crippen LogP contribution in [0.15, 0.2) is 23.6 Å². The molecule has 0 aromatic carbocycles. The van der Waals surface area contributed by atoms with Crippen LogP contribution in [0.25, 0.3) is 5.95 Å². The first-order valence-corrected chi connectivity index (χ1v) is 6.66. The van der Waals surface area contributed by atoms with E-state index in [-0.39, 0.29) is 17.7 Å². The number of thioether (sulfide) groups is 1. The molecule has 0 N–H and O–H groups in total. The molecule has 0 spiro atoms. The van der Waals surface area contributed by atoms with E-state index in [4.69, 9.17) is 11.6 Å². The van der Waals surface area contributed by atoms with Crippen molar-refractivity contribution in [3.8, 4) is 5.95 Å². The summed E-state index contributed by atoms with van der Waals surface area (Å²) in [6.07, 6.45) is 3.60. The molecule has 9 heteroatoms. The smallest absolute Gasteiger partial charge is 0.306 e. The van der Waals surface area contributed by atoms with Crippen LogP contribution in [-0.2, 0) is 9.53 Å². The highest BCUT2D eigenvalue weighted by atomic mass is 35.5. The number of aromatic nitrogens is 5. The summed E-state index contributed by atoms with van der Waals surface area (Å²) in [5.41, 5.74) is 0. The fraction of sp³-hybridized carbons (Fsp3) is 0.300. The summed E-state index contributed by atoms with van der Waals surface area (Å²) in [5.74, 6) is 0.566. The number of esters is 1. The zero-order chi connectivity index (χ0) is 13.7. The standard InChI is InChI=1S/C10H10ClN5O2S/c1-18-7(17)3-6-19-10-14-8(11)13-9(15-10)16-5-2-4-12-16/h2,4-5H,3,6H2,1H3. The highest BCUT2D eigenvalue weighted by Crippen LogP contribution is 2.17. The van der Waals surface area contributed by atoms with E-state index in [1.807, 2.05) is 0 Å². The third kappa shape index (κ3) is 3.90. The molecule has 0 radical (unpaired) electrons. The average Bonchev–Trinajstić information content (AvgIpc) is 2.91. The first kappa shape index (κ1) is 13.8. The van der Waals surface area contributed by atoms with Crippen molar-refractivity contribution in [2.45, 2.75) is 11.6 Å². The molecule has 19 heavy (non-hydrogen) atoms. The van der Waals surface area contributed by atoms with Crippen molar-refractivity contribution in [1.82, 2.24) is 24.7 Å². The number of nitrogens with zero attached hydrogens (tertiary/aromatic N) is 5. The molecule has 2 aromatic rings. The van der Waals surface area contributed by atoms with E-state index in [0.29, 0.717) is 16.9 Å². The quantitative estimate of drug-likeness (QED) is 0.609. The molecule has 0 saturated heterocycles. The zero-order valence-corrected chi connectivity index (χ0v) is 11.6. The second-order valence-corrected chi connectivity index (χ2v) is 4.71. The van der Waals surface area contributed by atoms with Gasteiger partial charge in [0.05, 0.1) is 13.5 Å². The molecule has 0 saturated carbocycles. The van der Waals surface area contributed by atoms with Gasteiger partial charge in [0.1, 0.15) is 0 Å². The maximum absolute atomic E-state index is 11.0. The first-order valence-electron chi connectivity index (χ1n) is 5.30. The molecule has 7 nitrogen and oxygen atoms in total. The van der Waals surface area contributed by atoms with Gasteiger partial charge in [-0.25, -0.2) is 4.68 Å². The summed E-state index contributed by atoms with van der Waals surface area (Å²) in [6, 6.07) is 1.75. The topological polar surface area (TPSA) is 82.8 Å². The molecule has 0 aliphatic heterocycles. The van der Waals surface area contributed by atoms with Crippen LogP contribution in [0.2, 0.25) is 5.28 Å². The molecule has 0 aliphatic carbocycles. The Bertz CT molecular complexity index is 563. The van der Waals surface area contributed by atoms with Gasteiger partial charge < -0.3 is 4.74 Å². The van der Waals surface area contributed by atoms with Crippen LogP contribution in [0, 0.1) is 0 Å². The van der Waals surface area contributed by atoms with Crippen LogP contribution in [0.4, 0.5) is 0 Å². The van der Waals surface area contributed by atoms with Crippen LogP contribution >= 0.6 is 23.4 Å². The van der Waals surface area contributed by atoms with Crippen molar-refractivity contribution < 1.29 is 9.53 Å². The van der Waals surface area contributed by atoms with Gasteiger partial charge in [0, 0.05) is 18.1 Å². The Hall–Kier alpha value is -1.67. The van der Waals surface area contributed by atoms with Gasteiger partial charge in [-0.2, -0.15) is 20.1 Å². The predicted octanol–water partition coefficient (Wildman–Crippen LogP) is 1.37. The van der Waals surface area contributed by atoms with Crippen LogP contribution in [0.3, 0.4) is 0 Å². The molecular formula is C10H10ClN5O2S. The summed E-state index contributed by atoms with van der Waals surface area (Å²) in [5, 5.41) is 4.54. The monoisotopic (exact) mass is 299 g/mol. The van der Waals surface area contributed by atoms with E-state index in [9.17, 15) is 4.79 Å². The number of methoxy groups -OCH3 is 1. The Morgan fingerprint density at radius 3 is 3.00 bits per heavy atom. The number of ether oxygens (including phenoxy) is 1. The summed E-state index contributed by atoms with van der Waals surface area (Å²) >= 11 is 7.13. The molecule has 0 atom stereocenters. The Balaban J connectivity index is 2.07. The molecular weight excluding hydrogens is 290 g/mol. The van der Waals surface area contributed by atoms with Crippen LogP contribution in [0.5, 0.6) is 0 Å². The zero-order valence-electron chi connectivity index (χ0n) is 9.99. The second kappa shape index (κ2) is 6.48. The summed E-state index contributed by atoms with van der Waals surface area (Å²) in [4.78, 5) is 23.2. The summed E-state index contributed by atoms with van der Waals surface area (Å²) in [6.45, 7) is 0. The van der Waals surface area contributed by atoms with E-state index in [1.165, 1.54) is 23.6 Å². The molecule has 2 rings (SSSR count). The maximum Gasteiger partial charge on any atom is 0.306 e. The van der Waals surface area contributed by atoms with Gasteiger partial charge in [-0.15, -0.1) is 0 Å². The molecule has 2 aromatic heterocycles. The maximum atomic E-state index is 11.0.